The smallest absolute Gasteiger partial charge is 0.104 e. The van der Waals surface area contributed by atoms with E-state index in [0.29, 0.717) is 25.7 Å². The number of aliphatic hydroxyl groups excluding tert-OH is 4. The first-order valence-electron chi connectivity index (χ1n) is 10.3. The summed E-state index contributed by atoms with van der Waals surface area (Å²) in [5.74, 6) is -1.14. The Balaban J connectivity index is 1.88. The van der Waals surface area contributed by atoms with Gasteiger partial charge in [-0.15, -0.1) is 0 Å². The normalized spacial score (nSPS) is 58.7. The summed E-state index contributed by atoms with van der Waals surface area (Å²) in [7, 11) is 0. The molecule has 4 rings (SSSR count). The van der Waals surface area contributed by atoms with Crippen LogP contribution < -0.4 is 0 Å². The Morgan fingerprint density at radius 1 is 1.07 bits per heavy atom. The molecule has 0 aromatic rings. The van der Waals surface area contributed by atoms with Crippen LogP contribution >= 0.6 is 0 Å². The molecule has 4 aliphatic carbocycles. The van der Waals surface area contributed by atoms with Gasteiger partial charge < -0.3 is 30.6 Å². The van der Waals surface area contributed by atoms with Crippen LogP contribution in [-0.2, 0) is 0 Å². The Morgan fingerprint density at radius 3 is 2.37 bits per heavy atom. The molecule has 154 valence electrons. The van der Waals surface area contributed by atoms with Gasteiger partial charge in [0.15, 0.2) is 0 Å². The first-order chi connectivity index (χ1) is 12.4. The van der Waals surface area contributed by atoms with Crippen molar-refractivity contribution in [3.05, 3.63) is 11.6 Å². The minimum absolute atomic E-state index is 0.178. The van der Waals surface area contributed by atoms with Crippen LogP contribution in [0.15, 0.2) is 11.6 Å². The highest BCUT2D eigenvalue weighted by Gasteiger charge is 2.78. The molecular weight excluding hydrogens is 348 g/mol. The molecule has 0 spiro atoms. The van der Waals surface area contributed by atoms with Gasteiger partial charge in [-0.25, -0.2) is 0 Å². The maximum Gasteiger partial charge on any atom is 0.104 e. The quantitative estimate of drug-likeness (QED) is 0.367. The van der Waals surface area contributed by atoms with Crippen molar-refractivity contribution >= 4 is 0 Å². The molecular formula is C21H34O6. The summed E-state index contributed by atoms with van der Waals surface area (Å²) in [5.41, 5.74) is -4.00. The second kappa shape index (κ2) is 5.77. The number of fused-ring (bicyclic) bond motifs is 5. The minimum atomic E-state index is -1.61. The average Bonchev–Trinajstić information content (AvgIpc) is 2.88. The predicted molar refractivity (Wildman–Crippen MR) is 98.6 cm³/mol. The van der Waals surface area contributed by atoms with E-state index in [1.165, 1.54) is 0 Å². The Morgan fingerprint density at radius 2 is 1.74 bits per heavy atom. The number of hydrogen-bond donors (Lipinski definition) is 6. The summed E-state index contributed by atoms with van der Waals surface area (Å²) in [4.78, 5) is 0. The van der Waals surface area contributed by atoms with Crippen molar-refractivity contribution < 1.29 is 30.6 Å². The molecule has 6 N–H and O–H groups in total. The summed E-state index contributed by atoms with van der Waals surface area (Å²) >= 11 is 0. The van der Waals surface area contributed by atoms with Crippen molar-refractivity contribution in [2.75, 3.05) is 0 Å². The highest BCUT2D eigenvalue weighted by Crippen LogP contribution is 2.69. The molecule has 0 aromatic carbocycles. The number of aliphatic hydroxyl groups is 6. The Bertz CT molecular complexity index is 663. The molecule has 0 aliphatic heterocycles. The lowest BCUT2D eigenvalue weighted by atomic mass is 9.42. The molecule has 3 fully saturated rings. The topological polar surface area (TPSA) is 121 Å². The zero-order chi connectivity index (χ0) is 20.0. The number of hydrogen-bond acceptors (Lipinski definition) is 6. The van der Waals surface area contributed by atoms with E-state index in [4.69, 9.17) is 0 Å². The van der Waals surface area contributed by atoms with E-state index in [1.54, 1.807) is 13.8 Å². The van der Waals surface area contributed by atoms with Gasteiger partial charge in [-0.05, 0) is 56.8 Å². The van der Waals surface area contributed by atoms with Crippen molar-refractivity contribution in [3.63, 3.8) is 0 Å². The van der Waals surface area contributed by atoms with Crippen LogP contribution in [0.4, 0.5) is 0 Å². The van der Waals surface area contributed by atoms with Crippen LogP contribution in [0.2, 0.25) is 0 Å². The van der Waals surface area contributed by atoms with Crippen LogP contribution in [0.1, 0.15) is 59.3 Å². The lowest BCUT2D eigenvalue weighted by molar-refractivity contribution is -0.331. The van der Waals surface area contributed by atoms with Crippen molar-refractivity contribution in [1.82, 2.24) is 0 Å². The van der Waals surface area contributed by atoms with Crippen molar-refractivity contribution in [1.29, 1.82) is 0 Å². The Kier molecular flexibility index (Phi) is 4.23. The first kappa shape index (κ1) is 19.8. The maximum absolute atomic E-state index is 11.9. The maximum atomic E-state index is 11.9. The molecule has 0 amide bonds. The van der Waals surface area contributed by atoms with Gasteiger partial charge in [0.1, 0.15) is 11.2 Å². The van der Waals surface area contributed by atoms with E-state index in [-0.39, 0.29) is 12.8 Å². The van der Waals surface area contributed by atoms with Gasteiger partial charge in [-0.3, -0.25) is 0 Å². The monoisotopic (exact) mass is 382 g/mol. The lowest BCUT2D eigenvalue weighted by Gasteiger charge is -2.67. The summed E-state index contributed by atoms with van der Waals surface area (Å²) < 4.78 is 0. The predicted octanol–water partition coefficient (Wildman–Crippen LogP) is 0.478. The average molecular weight is 382 g/mol. The van der Waals surface area contributed by atoms with Gasteiger partial charge in [-0.1, -0.05) is 25.5 Å². The highest BCUT2D eigenvalue weighted by molar-refractivity contribution is 5.35. The Labute approximate surface area is 160 Å². The second-order valence-electron chi connectivity index (χ2n) is 10.1. The SMILES string of the molecule is C[C@@H](O)[C@H]1CCC2(O)[C@]1(C)[C@H](O)[C@@H](O)[C@@H]1[C@@]3(C)CCC(O)CC3=CC[C@]12O. The summed E-state index contributed by atoms with van der Waals surface area (Å²) in [5, 5.41) is 66.6. The summed E-state index contributed by atoms with van der Waals surface area (Å²) in [6.45, 7) is 5.31. The number of rotatable bonds is 1. The van der Waals surface area contributed by atoms with E-state index in [9.17, 15) is 30.6 Å². The van der Waals surface area contributed by atoms with Gasteiger partial charge in [-0.2, -0.15) is 0 Å². The first-order valence-corrected chi connectivity index (χ1v) is 10.3. The van der Waals surface area contributed by atoms with E-state index in [1.807, 2.05) is 13.0 Å². The van der Waals surface area contributed by atoms with Crippen molar-refractivity contribution in [3.8, 4) is 0 Å². The molecule has 0 aromatic heterocycles. The van der Waals surface area contributed by atoms with Crippen LogP contribution in [0.5, 0.6) is 0 Å². The van der Waals surface area contributed by atoms with Gasteiger partial charge in [0.2, 0.25) is 0 Å². The molecule has 10 atom stereocenters. The Hall–Kier alpha value is -0.500. The minimum Gasteiger partial charge on any atom is -0.393 e. The zero-order valence-electron chi connectivity index (χ0n) is 16.5. The van der Waals surface area contributed by atoms with Gasteiger partial charge in [0, 0.05) is 11.3 Å². The molecule has 6 nitrogen and oxygen atoms in total. The summed E-state index contributed by atoms with van der Waals surface area (Å²) in [6, 6.07) is 0. The third kappa shape index (κ3) is 2.12. The summed E-state index contributed by atoms with van der Waals surface area (Å²) in [6.07, 6.45) is 0.849. The molecule has 6 heteroatoms. The second-order valence-corrected chi connectivity index (χ2v) is 10.1. The van der Waals surface area contributed by atoms with Gasteiger partial charge >= 0.3 is 0 Å². The fraction of sp³-hybridized carbons (Fsp3) is 0.905. The molecule has 3 saturated carbocycles. The zero-order valence-corrected chi connectivity index (χ0v) is 16.5. The molecule has 0 saturated heterocycles. The van der Waals surface area contributed by atoms with Gasteiger partial charge in [0.05, 0.1) is 24.4 Å². The third-order valence-corrected chi connectivity index (χ3v) is 9.10. The standard InChI is InChI=1S/C21H34O6/c1-11(22)14-6-9-21(27)19(14,3)17(25)15(24)16-18(2)7-5-13(23)10-12(18)4-8-20(16,21)26/h4,11,13-17,22-27H,5-10H2,1-3H3/t11-,13?,14-,15+,16-,17-,18+,19+,20+,21?/m1/s1. The molecule has 0 radical (unpaired) electrons. The van der Waals surface area contributed by atoms with Gasteiger partial charge in [0.25, 0.3) is 0 Å². The lowest BCUT2D eigenvalue weighted by Crippen LogP contribution is -2.79. The molecule has 0 heterocycles. The van der Waals surface area contributed by atoms with Crippen LogP contribution in [-0.4, -0.2) is 66.3 Å². The van der Waals surface area contributed by atoms with E-state index >= 15 is 0 Å². The van der Waals surface area contributed by atoms with E-state index in [2.05, 4.69) is 0 Å². The molecule has 0 bridgehead atoms. The third-order valence-electron chi connectivity index (χ3n) is 9.10. The van der Waals surface area contributed by atoms with E-state index < -0.39 is 58.3 Å². The van der Waals surface area contributed by atoms with Crippen molar-refractivity contribution in [2.45, 2.75) is 94.9 Å². The molecule has 2 unspecified atom stereocenters. The van der Waals surface area contributed by atoms with E-state index in [0.717, 1.165) is 5.57 Å². The van der Waals surface area contributed by atoms with Crippen LogP contribution in [0.25, 0.3) is 0 Å². The van der Waals surface area contributed by atoms with Crippen LogP contribution in [0, 0.1) is 22.7 Å². The largest absolute Gasteiger partial charge is 0.393 e. The fourth-order valence-corrected chi connectivity index (χ4v) is 7.57. The van der Waals surface area contributed by atoms with Crippen LogP contribution in [0.3, 0.4) is 0 Å². The fourth-order valence-electron chi connectivity index (χ4n) is 7.57. The van der Waals surface area contributed by atoms with Crippen molar-refractivity contribution in [2.24, 2.45) is 22.7 Å². The molecule has 27 heavy (non-hydrogen) atoms. The molecule has 4 aliphatic rings. The highest BCUT2D eigenvalue weighted by atomic mass is 16.4.